The van der Waals surface area contributed by atoms with Gasteiger partial charge < -0.3 is 4.74 Å². The van der Waals surface area contributed by atoms with E-state index in [2.05, 4.69) is 9.97 Å². The highest BCUT2D eigenvalue weighted by molar-refractivity contribution is 7.99. The van der Waals surface area contributed by atoms with E-state index in [4.69, 9.17) is 27.9 Å². The third kappa shape index (κ3) is 4.14. The molecule has 0 unspecified atom stereocenters. The van der Waals surface area contributed by atoms with Crippen LogP contribution in [0, 0.1) is 0 Å². The van der Waals surface area contributed by atoms with Crippen LogP contribution in [0.1, 0.15) is 17.3 Å². The van der Waals surface area contributed by atoms with Crippen molar-refractivity contribution in [2.24, 2.45) is 0 Å². The van der Waals surface area contributed by atoms with Gasteiger partial charge in [0.2, 0.25) is 0 Å². The molecular formula is C9H8Cl2N2O3S. The third-order valence-electron chi connectivity index (χ3n) is 1.57. The van der Waals surface area contributed by atoms with E-state index in [0.29, 0.717) is 12.9 Å². The van der Waals surface area contributed by atoms with Gasteiger partial charge in [-0.25, -0.2) is 9.97 Å². The first-order chi connectivity index (χ1) is 8.08. The van der Waals surface area contributed by atoms with Crippen LogP contribution in [0.25, 0.3) is 0 Å². The van der Waals surface area contributed by atoms with Crippen LogP contribution in [0.5, 0.6) is 0 Å². The number of halogens is 2. The van der Waals surface area contributed by atoms with Gasteiger partial charge in [0.05, 0.1) is 17.9 Å². The summed E-state index contributed by atoms with van der Waals surface area (Å²) in [7, 11) is 0. The summed E-state index contributed by atoms with van der Waals surface area (Å²) in [5, 5.41) is 0.149. The zero-order chi connectivity index (χ0) is 12.8. The molecule has 8 heteroatoms. The summed E-state index contributed by atoms with van der Waals surface area (Å²) in [5.41, 5.74) is 0.0359. The molecule has 5 nitrogen and oxygen atoms in total. The largest absolute Gasteiger partial charge is 0.465 e. The summed E-state index contributed by atoms with van der Waals surface area (Å²) in [6, 6.07) is 0. The molecule has 0 radical (unpaired) electrons. The normalized spacial score (nSPS) is 10.1. The molecule has 0 amide bonds. The van der Waals surface area contributed by atoms with Gasteiger partial charge >= 0.3 is 5.97 Å². The van der Waals surface area contributed by atoms with Crippen molar-refractivity contribution >= 4 is 47.2 Å². The number of esters is 1. The van der Waals surface area contributed by atoms with E-state index in [1.807, 2.05) is 0 Å². The highest BCUT2D eigenvalue weighted by Crippen LogP contribution is 2.23. The smallest absolute Gasteiger partial charge is 0.316 e. The lowest BCUT2D eigenvalue weighted by molar-refractivity contribution is -0.139. The predicted molar refractivity (Wildman–Crippen MR) is 64.8 cm³/mol. The molecule has 0 aromatic carbocycles. The molecule has 0 saturated heterocycles. The minimum Gasteiger partial charge on any atom is -0.465 e. The van der Waals surface area contributed by atoms with Crippen LogP contribution in [0.3, 0.4) is 0 Å². The fourth-order valence-corrected chi connectivity index (χ4v) is 2.11. The Morgan fingerprint density at radius 1 is 1.41 bits per heavy atom. The molecule has 0 atom stereocenters. The maximum Gasteiger partial charge on any atom is 0.316 e. The number of carbonyl (C=O) groups is 2. The van der Waals surface area contributed by atoms with Gasteiger partial charge in [-0.15, -0.1) is 0 Å². The number of thioether (sulfide) groups is 1. The lowest BCUT2D eigenvalue weighted by atomic mass is 10.4. The van der Waals surface area contributed by atoms with Crippen molar-refractivity contribution < 1.29 is 14.3 Å². The maximum absolute atomic E-state index is 11.1. The quantitative estimate of drug-likeness (QED) is 0.273. The second-order valence-electron chi connectivity index (χ2n) is 2.71. The van der Waals surface area contributed by atoms with E-state index >= 15 is 0 Å². The molecule has 0 spiro atoms. The number of hydrogen-bond donors (Lipinski definition) is 0. The first-order valence-corrected chi connectivity index (χ1v) is 6.29. The average Bonchev–Trinajstić information content (AvgIpc) is 2.26. The maximum atomic E-state index is 11.1. The standard InChI is InChI=1S/C9H8Cl2N2O3S/c1-2-16-6(15)4-17-9-12-7(10)5(3-14)8(11)13-9/h3H,2,4H2,1H3. The molecular weight excluding hydrogens is 287 g/mol. The molecule has 1 heterocycles. The van der Waals surface area contributed by atoms with E-state index in [0.717, 1.165) is 11.8 Å². The predicted octanol–water partition coefficient (Wildman–Crippen LogP) is 2.25. The number of rotatable bonds is 5. The minimum atomic E-state index is -0.382. The topological polar surface area (TPSA) is 69.2 Å². The van der Waals surface area contributed by atoms with Crippen molar-refractivity contribution in [3.63, 3.8) is 0 Å². The van der Waals surface area contributed by atoms with Gasteiger partial charge in [-0.2, -0.15) is 0 Å². The number of aldehydes is 1. The van der Waals surface area contributed by atoms with Gasteiger partial charge in [0.1, 0.15) is 10.3 Å². The highest BCUT2D eigenvalue weighted by atomic mass is 35.5. The van der Waals surface area contributed by atoms with Gasteiger partial charge in [-0.05, 0) is 6.92 Å². The molecule has 1 aromatic rings. The fourth-order valence-electron chi connectivity index (χ4n) is 0.886. The second-order valence-corrected chi connectivity index (χ2v) is 4.37. The van der Waals surface area contributed by atoms with E-state index in [-0.39, 0.29) is 32.7 Å². The summed E-state index contributed by atoms with van der Waals surface area (Å²) in [6.45, 7) is 2.03. The molecule has 0 aliphatic carbocycles. The summed E-state index contributed by atoms with van der Waals surface area (Å²) < 4.78 is 4.73. The van der Waals surface area contributed by atoms with E-state index < -0.39 is 0 Å². The van der Waals surface area contributed by atoms with Crippen molar-refractivity contribution in [1.29, 1.82) is 0 Å². The Labute approximate surface area is 112 Å². The number of aromatic nitrogens is 2. The van der Waals surface area contributed by atoms with Crippen molar-refractivity contribution in [3.05, 3.63) is 15.9 Å². The van der Waals surface area contributed by atoms with Gasteiger partial charge in [-0.3, -0.25) is 9.59 Å². The van der Waals surface area contributed by atoms with Crippen LogP contribution >= 0.6 is 35.0 Å². The van der Waals surface area contributed by atoms with Crippen LogP contribution in [0.15, 0.2) is 5.16 Å². The Kier molecular flexibility index (Phi) is 5.67. The summed E-state index contributed by atoms with van der Waals surface area (Å²) in [5.74, 6) is -0.325. The van der Waals surface area contributed by atoms with Crippen molar-refractivity contribution in [2.75, 3.05) is 12.4 Å². The van der Waals surface area contributed by atoms with Crippen LogP contribution in [-0.4, -0.2) is 34.6 Å². The molecule has 17 heavy (non-hydrogen) atoms. The summed E-state index contributed by atoms with van der Waals surface area (Å²) in [6.07, 6.45) is 0.477. The second kappa shape index (κ2) is 6.78. The van der Waals surface area contributed by atoms with Crippen LogP contribution in [0.4, 0.5) is 0 Å². The molecule has 0 fully saturated rings. The van der Waals surface area contributed by atoms with Gasteiger partial charge in [0.15, 0.2) is 11.4 Å². The molecule has 0 aliphatic heterocycles. The first kappa shape index (κ1) is 14.2. The molecule has 92 valence electrons. The van der Waals surface area contributed by atoms with Crippen LogP contribution in [-0.2, 0) is 9.53 Å². The summed E-state index contributed by atoms with van der Waals surface area (Å²) >= 11 is 12.5. The Bertz CT molecular complexity index is 419. The van der Waals surface area contributed by atoms with Gasteiger partial charge in [0, 0.05) is 0 Å². The molecule has 0 N–H and O–H groups in total. The average molecular weight is 295 g/mol. The number of carbonyl (C=O) groups excluding carboxylic acids is 2. The van der Waals surface area contributed by atoms with Crippen molar-refractivity contribution in [3.8, 4) is 0 Å². The Morgan fingerprint density at radius 2 is 2.00 bits per heavy atom. The Balaban J connectivity index is 2.73. The zero-order valence-corrected chi connectivity index (χ0v) is 11.1. The van der Waals surface area contributed by atoms with Crippen molar-refractivity contribution in [2.45, 2.75) is 12.1 Å². The SMILES string of the molecule is CCOC(=O)CSc1nc(Cl)c(C=O)c(Cl)n1. The van der Waals surface area contributed by atoms with Crippen molar-refractivity contribution in [1.82, 2.24) is 9.97 Å². The first-order valence-electron chi connectivity index (χ1n) is 4.55. The van der Waals surface area contributed by atoms with E-state index in [1.165, 1.54) is 0 Å². The summed E-state index contributed by atoms with van der Waals surface area (Å²) in [4.78, 5) is 29.3. The highest BCUT2D eigenvalue weighted by Gasteiger charge is 2.12. The monoisotopic (exact) mass is 294 g/mol. The number of hydrogen-bond acceptors (Lipinski definition) is 6. The van der Waals surface area contributed by atoms with E-state index in [1.54, 1.807) is 6.92 Å². The van der Waals surface area contributed by atoms with Crippen LogP contribution in [0.2, 0.25) is 10.3 Å². The lowest BCUT2D eigenvalue weighted by Gasteiger charge is -2.03. The minimum absolute atomic E-state index is 0.0358. The van der Waals surface area contributed by atoms with E-state index in [9.17, 15) is 9.59 Å². The zero-order valence-electron chi connectivity index (χ0n) is 8.77. The number of ether oxygens (including phenoxy) is 1. The van der Waals surface area contributed by atoms with Gasteiger partial charge in [-0.1, -0.05) is 35.0 Å². The molecule has 1 aromatic heterocycles. The number of nitrogens with zero attached hydrogens (tertiary/aromatic N) is 2. The lowest BCUT2D eigenvalue weighted by Crippen LogP contribution is -2.07. The van der Waals surface area contributed by atoms with Gasteiger partial charge in [0.25, 0.3) is 0 Å². The third-order valence-corrected chi connectivity index (χ3v) is 2.97. The Morgan fingerprint density at radius 3 is 2.47 bits per heavy atom. The molecule has 0 aliphatic rings. The molecule has 1 rings (SSSR count). The molecule has 0 saturated carbocycles. The van der Waals surface area contributed by atoms with Crippen LogP contribution < -0.4 is 0 Å². The fraction of sp³-hybridized carbons (Fsp3) is 0.333. The molecule has 0 bridgehead atoms. The Hall–Kier alpha value is -0.850.